The molecule has 0 atom stereocenters. The van der Waals surface area contributed by atoms with Crippen molar-refractivity contribution in [1.82, 2.24) is 4.57 Å². The van der Waals surface area contributed by atoms with Gasteiger partial charge in [-0.3, -0.25) is 0 Å². The highest BCUT2D eigenvalue weighted by molar-refractivity contribution is 5.35. The van der Waals surface area contributed by atoms with E-state index in [9.17, 15) is 4.39 Å². The average molecular weight is 243 g/mol. The van der Waals surface area contributed by atoms with E-state index in [-0.39, 0.29) is 5.56 Å². The predicted octanol–water partition coefficient (Wildman–Crippen LogP) is 2.05. The van der Waals surface area contributed by atoms with Crippen LogP contribution in [0.2, 0.25) is 0 Å². The highest BCUT2D eigenvalue weighted by atomic mass is 19.1. The van der Waals surface area contributed by atoms with Crippen molar-refractivity contribution in [2.75, 3.05) is 6.54 Å². The number of nitriles is 1. The van der Waals surface area contributed by atoms with Gasteiger partial charge in [0.25, 0.3) is 0 Å². The summed E-state index contributed by atoms with van der Waals surface area (Å²) in [6.07, 6.45) is 2.65. The van der Waals surface area contributed by atoms with Crippen LogP contribution in [0.3, 0.4) is 0 Å². The first-order valence-electron chi connectivity index (χ1n) is 5.78. The zero-order valence-electron chi connectivity index (χ0n) is 9.94. The lowest BCUT2D eigenvalue weighted by atomic mass is 10.1. The first kappa shape index (κ1) is 12.3. The maximum atomic E-state index is 13.9. The highest BCUT2D eigenvalue weighted by Gasteiger charge is 2.09. The van der Waals surface area contributed by atoms with Gasteiger partial charge in [-0.05, 0) is 31.2 Å². The second kappa shape index (κ2) is 5.48. The number of aromatic nitrogens is 1. The van der Waals surface area contributed by atoms with Crippen LogP contribution in [0.5, 0.6) is 0 Å². The van der Waals surface area contributed by atoms with E-state index in [1.54, 1.807) is 12.1 Å². The van der Waals surface area contributed by atoms with Crippen LogP contribution >= 0.6 is 0 Å². The van der Waals surface area contributed by atoms with Crippen molar-refractivity contribution in [3.05, 3.63) is 59.2 Å². The fraction of sp³-hybridized carbons (Fsp3) is 0.214. The Morgan fingerprint density at radius 2 is 2.11 bits per heavy atom. The molecule has 0 saturated carbocycles. The van der Waals surface area contributed by atoms with Gasteiger partial charge in [-0.1, -0.05) is 12.1 Å². The number of hydrogen-bond acceptors (Lipinski definition) is 2. The molecule has 0 aliphatic carbocycles. The summed E-state index contributed by atoms with van der Waals surface area (Å²) in [5.41, 5.74) is 7.20. The Bertz CT molecular complexity index is 581. The molecule has 18 heavy (non-hydrogen) atoms. The molecule has 1 aromatic heterocycles. The second-order valence-corrected chi connectivity index (χ2v) is 4.06. The third-order valence-electron chi connectivity index (χ3n) is 2.86. The largest absolute Gasteiger partial charge is 0.347 e. The molecule has 0 unspecified atom stereocenters. The van der Waals surface area contributed by atoms with E-state index in [4.69, 9.17) is 11.0 Å². The Kier molecular flexibility index (Phi) is 3.75. The summed E-state index contributed by atoms with van der Waals surface area (Å²) >= 11 is 0. The van der Waals surface area contributed by atoms with Gasteiger partial charge in [0.1, 0.15) is 11.9 Å². The fourth-order valence-corrected chi connectivity index (χ4v) is 1.95. The minimum Gasteiger partial charge on any atom is -0.347 e. The van der Waals surface area contributed by atoms with Crippen molar-refractivity contribution >= 4 is 0 Å². The van der Waals surface area contributed by atoms with Crippen LogP contribution in [0.15, 0.2) is 36.5 Å². The van der Waals surface area contributed by atoms with E-state index < -0.39 is 5.82 Å². The van der Waals surface area contributed by atoms with E-state index in [1.165, 1.54) is 6.07 Å². The summed E-state index contributed by atoms with van der Waals surface area (Å²) in [7, 11) is 0. The standard InChI is InChI=1S/C14H14FN3/c15-14-11(9-17)3-1-4-12(14)10-18-8-2-5-13(18)6-7-16/h1-5,8H,6-7,10,16H2. The molecular weight excluding hydrogens is 229 g/mol. The summed E-state index contributed by atoms with van der Waals surface area (Å²) in [5, 5.41) is 8.79. The Hall–Kier alpha value is -2.12. The SMILES string of the molecule is N#Cc1cccc(Cn2cccc2CCN)c1F. The summed E-state index contributed by atoms with van der Waals surface area (Å²) in [4.78, 5) is 0. The third kappa shape index (κ3) is 2.41. The lowest BCUT2D eigenvalue weighted by molar-refractivity contribution is 0.592. The molecule has 0 aliphatic rings. The fourth-order valence-electron chi connectivity index (χ4n) is 1.95. The molecule has 2 rings (SSSR count). The summed E-state index contributed by atoms with van der Waals surface area (Å²) in [6, 6.07) is 10.6. The topological polar surface area (TPSA) is 54.7 Å². The van der Waals surface area contributed by atoms with Crippen LogP contribution in [0.25, 0.3) is 0 Å². The smallest absolute Gasteiger partial charge is 0.145 e. The molecule has 0 aliphatic heterocycles. The zero-order valence-corrected chi connectivity index (χ0v) is 9.94. The van der Waals surface area contributed by atoms with Gasteiger partial charge >= 0.3 is 0 Å². The van der Waals surface area contributed by atoms with Crippen LogP contribution in [0, 0.1) is 17.1 Å². The molecule has 0 fully saturated rings. The minimum atomic E-state index is -0.438. The zero-order chi connectivity index (χ0) is 13.0. The van der Waals surface area contributed by atoms with Crippen LogP contribution in [0.4, 0.5) is 4.39 Å². The summed E-state index contributed by atoms with van der Waals surface area (Å²) in [6.45, 7) is 0.981. The number of benzene rings is 1. The van der Waals surface area contributed by atoms with Gasteiger partial charge in [0.15, 0.2) is 0 Å². The lowest BCUT2D eigenvalue weighted by Crippen LogP contribution is -2.10. The van der Waals surface area contributed by atoms with Crippen molar-refractivity contribution in [3.8, 4) is 6.07 Å². The van der Waals surface area contributed by atoms with Crippen molar-refractivity contribution in [1.29, 1.82) is 5.26 Å². The van der Waals surface area contributed by atoms with Crippen LogP contribution in [-0.4, -0.2) is 11.1 Å². The maximum Gasteiger partial charge on any atom is 0.145 e. The Morgan fingerprint density at radius 1 is 1.28 bits per heavy atom. The molecule has 2 N–H and O–H groups in total. The molecule has 0 amide bonds. The maximum absolute atomic E-state index is 13.9. The quantitative estimate of drug-likeness (QED) is 0.893. The van der Waals surface area contributed by atoms with Crippen LogP contribution in [0.1, 0.15) is 16.8 Å². The number of nitrogens with two attached hydrogens (primary N) is 1. The highest BCUT2D eigenvalue weighted by Crippen LogP contribution is 2.15. The molecule has 4 heteroatoms. The normalized spacial score (nSPS) is 10.3. The summed E-state index contributed by atoms with van der Waals surface area (Å²) < 4.78 is 15.9. The molecule has 0 spiro atoms. The van der Waals surface area contributed by atoms with Gasteiger partial charge in [0.05, 0.1) is 12.1 Å². The number of rotatable bonds is 4. The van der Waals surface area contributed by atoms with Gasteiger partial charge < -0.3 is 10.3 Å². The van der Waals surface area contributed by atoms with E-state index in [0.717, 1.165) is 12.1 Å². The second-order valence-electron chi connectivity index (χ2n) is 4.06. The van der Waals surface area contributed by atoms with Crippen LogP contribution < -0.4 is 5.73 Å². The van der Waals surface area contributed by atoms with Crippen LogP contribution in [-0.2, 0) is 13.0 Å². The van der Waals surface area contributed by atoms with Gasteiger partial charge in [-0.2, -0.15) is 5.26 Å². The minimum absolute atomic E-state index is 0.0834. The van der Waals surface area contributed by atoms with E-state index in [1.807, 2.05) is 29.0 Å². The Balaban J connectivity index is 2.29. The Labute approximate surface area is 105 Å². The monoisotopic (exact) mass is 243 g/mol. The van der Waals surface area contributed by atoms with Gasteiger partial charge in [-0.15, -0.1) is 0 Å². The molecular formula is C14H14FN3. The molecule has 0 saturated heterocycles. The van der Waals surface area contributed by atoms with E-state index in [0.29, 0.717) is 18.7 Å². The first-order chi connectivity index (χ1) is 8.76. The lowest BCUT2D eigenvalue weighted by Gasteiger charge is -2.10. The number of hydrogen-bond donors (Lipinski definition) is 1. The van der Waals surface area contributed by atoms with E-state index in [2.05, 4.69) is 0 Å². The molecule has 3 nitrogen and oxygen atoms in total. The van der Waals surface area contributed by atoms with Crippen molar-refractivity contribution in [2.24, 2.45) is 5.73 Å². The average Bonchev–Trinajstić information content (AvgIpc) is 2.80. The molecule has 1 aromatic carbocycles. The Morgan fingerprint density at radius 3 is 2.83 bits per heavy atom. The molecule has 1 heterocycles. The number of nitrogens with zero attached hydrogens (tertiary/aromatic N) is 2. The third-order valence-corrected chi connectivity index (χ3v) is 2.86. The van der Waals surface area contributed by atoms with Gasteiger partial charge in [0.2, 0.25) is 0 Å². The van der Waals surface area contributed by atoms with Crippen molar-refractivity contribution < 1.29 is 4.39 Å². The van der Waals surface area contributed by atoms with E-state index >= 15 is 0 Å². The summed E-state index contributed by atoms with van der Waals surface area (Å²) in [5.74, 6) is -0.438. The van der Waals surface area contributed by atoms with Gasteiger partial charge in [-0.25, -0.2) is 4.39 Å². The molecule has 2 aromatic rings. The molecule has 92 valence electrons. The van der Waals surface area contributed by atoms with Gasteiger partial charge in [0, 0.05) is 17.5 Å². The first-order valence-corrected chi connectivity index (χ1v) is 5.78. The van der Waals surface area contributed by atoms with Crippen molar-refractivity contribution in [2.45, 2.75) is 13.0 Å². The predicted molar refractivity (Wildman–Crippen MR) is 67.4 cm³/mol. The molecule has 0 bridgehead atoms. The number of halogens is 1. The van der Waals surface area contributed by atoms with Crippen molar-refractivity contribution in [3.63, 3.8) is 0 Å². The molecule has 0 radical (unpaired) electrons.